The number of hydrogen-bond acceptors (Lipinski definition) is 3. The SMILES string of the molecule is O=C(C1=CCC(F)(S(=O)(=O)O)C=C1)c1ccc(F)cc1. The smallest absolute Gasteiger partial charge is 0.289 e. The Kier molecular flexibility index (Phi) is 3.58. The third kappa shape index (κ3) is 2.68. The molecule has 106 valence electrons. The summed E-state index contributed by atoms with van der Waals surface area (Å²) in [5.74, 6) is -0.984. The topological polar surface area (TPSA) is 71.4 Å². The highest BCUT2D eigenvalue weighted by atomic mass is 32.2. The standard InChI is InChI=1S/C13H10F2O4S/c14-11-3-1-9(2-4-11)12(16)10-5-7-13(15,8-6-10)20(17,18)19/h1-7H,8H2,(H,17,18,19). The van der Waals surface area contributed by atoms with Crippen molar-refractivity contribution >= 4 is 15.9 Å². The van der Waals surface area contributed by atoms with Crippen molar-refractivity contribution in [2.24, 2.45) is 0 Å². The number of Topliss-reactive ketones (excluding diaryl/α,β-unsaturated/α-hetero) is 1. The lowest BCUT2D eigenvalue weighted by Gasteiger charge is -2.20. The Morgan fingerprint density at radius 1 is 1.25 bits per heavy atom. The molecule has 0 aromatic heterocycles. The lowest BCUT2D eigenvalue weighted by atomic mass is 9.97. The molecule has 0 amide bonds. The highest BCUT2D eigenvalue weighted by Gasteiger charge is 2.41. The number of alkyl halides is 1. The molecule has 0 radical (unpaired) electrons. The van der Waals surface area contributed by atoms with Crippen LogP contribution in [0.1, 0.15) is 16.8 Å². The van der Waals surface area contributed by atoms with E-state index >= 15 is 0 Å². The molecule has 0 saturated heterocycles. The van der Waals surface area contributed by atoms with Crippen molar-refractivity contribution in [3.8, 4) is 0 Å². The first-order valence-corrected chi connectivity index (χ1v) is 7.02. The molecule has 7 heteroatoms. The maximum Gasteiger partial charge on any atom is 0.304 e. The van der Waals surface area contributed by atoms with E-state index in [1.54, 1.807) is 0 Å². The first-order chi connectivity index (χ1) is 9.23. The molecule has 1 aromatic carbocycles. The molecule has 2 rings (SSSR count). The van der Waals surface area contributed by atoms with Crippen LogP contribution in [0.3, 0.4) is 0 Å². The van der Waals surface area contributed by atoms with E-state index in [1.807, 2.05) is 0 Å². The van der Waals surface area contributed by atoms with Gasteiger partial charge < -0.3 is 0 Å². The summed E-state index contributed by atoms with van der Waals surface area (Å²) in [6.45, 7) is 0. The lowest BCUT2D eigenvalue weighted by Crippen LogP contribution is -2.32. The number of ketones is 1. The quantitative estimate of drug-likeness (QED) is 0.687. The Morgan fingerprint density at radius 3 is 2.30 bits per heavy atom. The van der Waals surface area contributed by atoms with Gasteiger partial charge in [0.15, 0.2) is 5.78 Å². The van der Waals surface area contributed by atoms with Crippen LogP contribution >= 0.6 is 0 Å². The van der Waals surface area contributed by atoms with Crippen molar-refractivity contribution in [2.75, 3.05) is 0 Å². The molecular formula is C13H10F2O4S. The van der Waals surface area contributed by atoms with Gasteiger partial charge in [0.25, 0.3) is 5.00 Å². The van der Waals surface area contributed by atoms with Crippen molar-refractivity contribution in [2.45, 2.75) is 11.4 Å². The molecule has 4 nitrogen and oxygen atoms in total. The van der Waals surface area contributed by atoms with Gasteiger partial charge in [0.2, 0.25) is 0 Å². The van der Waals surface area contributed by atoms with Crippen LogP contribution in [-0.2, 0) is 10.1 Å². The summed E-state index contributed by atoms with van der Waals surface area (Å²) < 4.78 is 57.1. The molecule has 1 aliphatic carbocycles. The van der Waals surface area contributed by atoms with Crippen LogP contribution < -0.4 is 0 Å². The minimum atomic E-state index is -4.90. The van der Waals surface area contributed by atoms with Gasteiger partial charge >= 0.3 is 10.1 Å². The Labute approximate surface area is 114 Å². The van der Waals surface area contributed by atoms with Crippen LogP contribution in [0.25, 0.3) is 0 Å². The van der Waals surface area contributed by atoms with E-state index in [0.717, 1.165) is 24.3 Å². The van der Waals surface area contributed by atoms with Crippen molar-refractivity contribution in [3.63, 3.8) is 0 Å². The zero-order valence-electron chi connectivity index (χ0n) is 10.1. The van der Waals surface area contributed by atoms with Crippen molar-refractivity contribution in [3.05, 3.63) is 59.4 Å². The molecular weight excluding hydrogens is 290 g/mol. The van der Waals surface area contributed by atoms with Gasteiger partial charge in [-0.15, -0.1) is 0 Å². The van der Waals surface area contributed by atoms with Gasteiger partial charge in [-0.25, -0.2) is 8.78 Å². The molecule has 1 aliphatic rings. The van der Waals surface area contributed by atoms with Crippen LogP contribution in [0.15, 0.2) is 48.1 Å². The Balaban J connectivity index is 2.24. The minimum Gasteiger partial charge on any atom is -0.289 e. The Bertz CT molecular complexity index is 704. The molecule has 20 heavy (non-hydrogen) atoms. The van der Waals surface area contributed by atoms with Crippen molar-refractivity contribution in [1.82, 2.24) is 0 Å². The van der Waals surface area contributed by atoms with Crippen molar-refractivity contribution in [1.29, 1.82) is 0 Å². The molecule has 1 unspecified atom stereocenters. The van der Waals surface area contributed by atoms with E-state index < -0.39 is 33.1 Å². The Hall–Kier alpha value is -1.86. The van der Waals surface area contributed by atoms with Gasteiger partial charge in [-0.2, -0.15) is 8.42 Å². The average molecular weight is 300 g/mol. The van der Waals surface area contributed by atoms with Crippen LogP contribution in [-0.4, -0.2) is 23.8 Å². The summed E-state index contributed by atoms with van der Waals surface area (Å²) in [4.78, 5) is 12.0. The highest BCUT2D eigenvalue weighted by Crippen LogP contribution is 2.30. The predicted molar refractivity (Wildman–Crippen MR) is 68.0 cm³/mol. The van der Waals surface area contributed by atoms with Gasteiger partial charge in [0.1, 0.15) is 5.82 Å². The van der Waals surface area contributed by atoms with Crippen LogP contribution in [0, 0.1) is 5.82 Å². The maximum absolute atomic E-state index is 13.8. The second-order valence-electron chi connectivity index (χ2n) is 4.29. The van der Waals surface area contributed by atoms with E-state index in [4.69, 9.17) is 4.55 Å². The van der Waals surface area contributed by atoms with Crippen LogP contribution in [0.4, 0.5) is 8.78 Å². The molecule has 1 aromatic rings. The van der Waals surface area contributed by atoms with Gasteiger partial charge in [-0.05, 0) is 30.3 Å². The summed E-state index contributed by atoms with van der Waals surface area (Å²) >= 11 is 0. The summed E-state index contributed by atoms with van der Waals surface area (Å²) in [5, 5.41) is -2.92. The van der Waals surface area contributed by atoms with Gasteiger partial charge in [0, 0.05) is 17.6 Å². The summed E-state index contributed by atoms with van der Waals surface area (Å²) in [6.07, 6.45) is 2.03. The molecule has 0 spiro atoms. The second kappa shape index (κ2) is 4.92. The first-order valence-electron chi connectivity index (χ1n) is 5.58. The van der Waals surface area contributed by atoms with Gasteiger partial charge in [-0.3, -0.25) is 9.35 Å². The van der Waals surface area contributed by atoms with Gasteiger partial charge in [-0.1, -0.05) is 12.2 Å². The monoisotopic (exact) mass is 300 g/mol. The number of benzene rings is 1. The highest BCUT2D eigenvalue weighted by molar-refractivity contribution is 7.87. The fourth-order valence-corrected chi connectivity index (χ4v) is 2.26. The first kappa shape index (κ1) is 14.5. The fraction of sp³-hybridized carbons (Fsp3) is 0.154. The average Bonchev–Trinajstić information content (AvgIpc) is 2.38. The molecule has 1 N–H and O–H groups in total. The molecule has 1 atom stereocenters. The van der Waals surface area contributed by atoms with Crippen LogP contribution in [0.5, 0.6) is 0 Å². The molecule has 0 heterocycles. The van der Waals surface area contributed by atoms with E-state index in [0.29, 0.717) is 6.08 Å². The normalized spacial score (nSPS) is 22.4. The Morgan fingerprint density at radius 2 is 1.85 bits per heavy atom. The summed E-state index contributed by atoms with van der Waals surface area (Å²) in [5.41, 5.74) is 0.272. The van der Waals surface area contributed by atoms with E-state index in [-0.39, 0.29) is 11.1 Å². The van der Waals surface area contributed by atoms with E-state index in [9.17, 15) is 22.0 Å². The second-order valence-corrected chi connectivity index (χ2v) is 5.92. The summed E-state index contributed by atoms with van der Waals surface area (Å²) in [6, 6.07) is 4.76. The molecule has 0 fully saturated rings. The number of rotatable bonds is 3. The predicted octanol–water partition coefficient (Wildman–Crippen LogP) is 2.45. The fourth-order valence-electron chi connectivity index (χ4n) is 1.73. The van der Waals surface area contributed by atoms with Crippen LogP contribution in [0.2, 0.25) is 0 Å². The van der Waals surface area contributed by atoms with E-state index in [2.05, 4.69) is 0 Å². The third-order valence-electron chi connectivity index (χ3n) is 2.91. The number of carbonyl (C=O) groups is 1. The molecule has 0 saturated carbocycles. The van der Waals surface area contributed by atoms with Crippen molar-refractivity contribution < 1.29 is 26.5 Å². The third-order valence-corrected chi connectivity index (χ3v) is 4.07. The number of allylic oxidation sites excluding steroid dienone is 3. The number of hydrogen-bond donors (Lipinski definition) is 1. The van der Waals surface area contributed by atoms with Gasteiger partial charge in [0.05, 0.1) is 0 Å². The molecule has 0 bridgehead atoms. The largest absolute Gasteiger partial charge is 0.304 e. The zero-order valence-corrected chi connectivity index (χ0v) is 10.9. The zero-order chi connectivity index (χ0) is 15.0. The summed E-state index contributed by atoms with van der Waals surface area (Å²) in [7, 11) is -4.90. The molecule has 0 aliphatic heterocycles. The number of carbonyl (C=O) groups excluding carboxylic acids is 1. The lowest BCUT2D eigenvalue weighted by molar-refractivity contribution is 0.103. The van der Waals surface area contributed by atoms with E-state index in [1.165, 1.54) is 12.1 Å². The minimum absolute atomic E-state index is 0.0773. The maximum atomic E-state index is 13.8. The number of halogens is 2.